The fourth-order valence-electron chi connectivity index (χ4n) is 2.78. The third-order valence-electron chi connectivity index (χ3n) is 3.55. The molecule has 0 radical (unpaired) electrons. The Kier molecular flexibility index (Phi) is 2.44. The summed E-state index contributed by atoms with van der Waals surface area (Å²) in [5.41, 5.74) is 6.38. The Labute approximate surface area is 95.4 Å². The average Bonchev–Trinajstić information content (AvgIpc) is 2.78. The average molecular weight is 219 g/mol. The van der Waals surface area contributed by atoms with E-state index in [0.717, 1.165) is 24.7 Å². The zero-order valence-corrected chi connectivity index (χ0v) is 9.30. The van der Waals surface area contributed by atoms with Crippen molar-refractivity contribution in [2.24, 2.45) is 0 Å². The Balaban J connectivity index is 1.85. The van der Waals surface area contributed by atoms with Crippen LogP contribution in [0.15, 0.2) is 18.3 Å². The maximum absolute atomic E-state index is 5.78. The van der Waals surface area contributed by atoms with Gasteiger partial charge in [0.15, 0.2) is 0 Å². The van der Waals surface area contributed by atoms with Gasteiger partial charge in [-0.1, -0.05) is 0 Å². The molecule has 3 rings (SSSR count). The topological polar surface area (TPSA) is 51.4 Å². The molecular formula is C12H17N3O. The fourth-order valence-corrected chi connectivity index (χ4v) is 2.78. The van der Waals surface area contributed by atoms with Gasteiger partial charge in [0, 0.05) is 6.54 Å². The van der Waals surface area contributed by atoms with Gasteiger partial charge in [0.1, 0.15) is 5.82 Å². The molecule has 2 aliphatic rings. The molecular weight excluding hydrogens is 202 g/mol. The van der Waals surface area contributed by atoms with Crippen LogP contribution in [0.3, 0.4) is 0 Å². The quantitative estimate of drug-likeness (QED) is 0.776. The summed E-state index contributed by atoms with van der Waals surface area (Å²) in [5.74, 6) is 1.04. The van der Waals surface area contributed by atoms with Crippen LogP contribution in [0, 0.1) is 0 Å². The molecule has 0 bridgehead atoms. The molecule has 4 nitrogen and oxygen atoms in total. The van der Waals surface area contributed by atoms with E-state index < -0.39 is 0 Å². The molecule has 4 heteroatoms. The van der Waals surface area contributed by atoms with Crippen molar-refractivity contribution in [1.29, 1.82) is 0 Å². The highest BCUT2D eigenvalue weighted by atomic mass is 16.5. The van der Waals surface area contributed by atoms with E-state index in [4.69, 9.17) is 10.5 Å². The van der Waals surface area contributed by atoms with Gasteiger partial charge in [0.25, 0.3) is 0 Å². The molecule has 1 aliphatic heterocycles. The molecule has 1 saturated heterocycles. The number of nitrogens with zero attached hydrogens (tertiary/aromatic N) is 2. The van der Waals surface area contributed by atoms with Crippen molar-refractivity contribution in [2.75, 3.05) is 23.8 Å². The number of hydrogen-bond donors (Lipinski definition) is 1. The number of morpholine rings is 1. The van der Waals surface area contributed by atoms with Crippen molar-refractivity contribution < 1.29 is 4.74 Å². The van der Waals surface area contributed by atoms with Gasteiger partial charge in [-0.2, -0.15) is 0 Å². The predicted octanol–water partition coefficient (Wildman–Crippen LogP) is 1.42. The lowest BCUT2D eigenvalue weighted by molar-refractivity contribution is 0.0253. The Hall–Kier alpha value is -1.29. The summed E-state index contributed by atoms with van der Waals surface area (Å²) in [6.45, 7) is 1.76. The van der Waals surface area contributed by atoms with Crippen LogP contribution >= 0.6 is 0 Å². The van der Waals surface area contributed by atoms with Crippen molar-refractivity contribution in [2.45, 2.75) is 31.4 Å². The van der Waals surface area contributed by atoms with E-state index in [0.29, 0.717) is 12.1 Å². The first-order chi connectivity index (χ1) is 7.84. The van der Waals surface area contributed by atoms with Crippen LogP contribution in [-0.4, -0.2) is 30.3 Å². The summed E-state index contributed by atoms with van der Waals surface area (Å²) in [5, 5.41) is 0. The Morgan fingerprint density at radius 1 is 1.38 bits per heavy atom. The van der Waals surface area contributed by atoms with Crippen molar-refractivity contribution in [1.82, 2.24) is 4.98 Å². The molecule has 0 aromatic carbocycles. The maximum atomic E-state index is 5.78. The molecule has 1 aliphatic carbocycles. The van der Waals surface area contributed by atoms with E-state index in [2.05, 4.69) is 9.88 Å². The van der Waals surface area contributed by atoms with Crippen LogP contribution in [-0.2, 0) is 4.74 Å². The summed E-state index contributed by atoms with van der Waals surface area (Å²) in [7, 11) is 0. The van der Waals surface area contributed by atoms with Gasteiger partial charge < -0.3 is 15.4 Å². The minimum absolute atomic E-state index is 0.410. The van der Waals surface area contributed by atoms with Crippen molar-refractivity contribution >= 4 is 11.5 Å². The molecule has 0 amide bonds. The van der Waals surface area contributed by atoms with Crippen LogP contribution in [0.25, 0.3) is 0 Å². The minimum atomic E-state index is 0.410. The molecule has 2 unspecified atom stereocenters. The zero-order valence-electron chi connectivity index (χ0n) is 9.30. The summed E-state index contributed by atoms with van der Waals surface area (Å²) < 4.78 is 5.78. The molecule has 2 heterocycles. The van der Waals surface area contributed by atoms with Crippen molar-refractivity contribution in [3.8, 4) is 0 Å². The van der Waals surface area contributed by atoms with Gasteiger partial charge in [0.05, 0.1) is 30.6 Å². The fraction of sp³-hybridized carbons (Fsp3) is 0.583. The van der Waals surface area contributed by atoms with Gasteiger partial charge >= 0.3 is 0 Å². The first-order valence-electron chi connectivity index (χ1n) is 5.94. The van der Waals surface area contributed by atoms with E-state index in [1.165, 1.54) is 19.3 Å². The lowest BCUT2D eigenvalue weighted by Crippen LogP contribution is -2.49. The Morgan fingerprint density at radius 2 is 2.31 bits per heavy atom. The molecule has 16 heavy (non-hydrogen) atoms. The normalized spacial score (nSPS) is 29.1. The molecule has 86 valence electrons. The van der Waals surface area contributed by atoms with E-state index in [1.54, 1.807) is 6.20 Å². The highest BCUT2D eigenvalue weighted by Crippen LogP contribution is 2.32. The Bertz CT molecular complexity index is 365. The number of nitrogens with two attached hydrogens (primary N) is 1. The molecule has 1 aromatic heterocycles. The number of aromatic nitrogens is 1. The second kappa shape index (κ2) is 3.94. The van der Waals surface area contributed by atoms with E-state index in [1.807, 2.05) is 12.1 Å². The predicted molar refractivity (Wildman–Crippen MR) is 63.4 cm³/mol. The largest absolute Gasteiger partial charge is 0.397 e. The summed E-state index contributed by atoms with van der Waals surface area (Å²) in [4.78, 5) is 6.78. The number of hydrogen-bond acceptors (Lipinski definition) is 4. The van der Waals surface area contributed by atoms with Gasteiger partial charge in [-0.15, -0.1) is 0 Å². The van der Waals surface area contributed by atoms with Crippen LogP contribution < -0.4 is 10.6 Å². The first kappa shape index (κ1) is 9.90. The second-order valence-corrected chi connectivity index (χ2v) is 4.55. The van der Waals surface area contributed by atoms with Crippen LogP contribution in [0.4, 0.5) is 11.5 Å². The van der Waals surface area contributed by atoms with Gasteiger partial charge in [-0.25, -0.2) is 4.98 Å². The highest BCUT2D eigenvalue weighted by Gasteiger charge is 2.36. The van der Waals surface area contributed by atoms with Crippen molar-refractivity contribution in [3.63, 3.8) is 0 Å². The summed E-state index contributed by atoms with van der Waals surface area (Å²) in [6.07, 6.45) is 5.82. The zero-order chi connectivity index (χ0) is 11.0. The number of fused-ring (bicyclic) bond motifs is 1. The third-order valence-corrected chi connectivity index (χ3v) is 3.55. The van der Waals surface area contributed by atoms with Crippen LogP contribution in [0.1, 0.15) is 19.3 Å². The number of ether oxygens (including phenoxy) is 1. The van der Waals surface area contributed by atoms with Gasteiger partial charge in [-0.05, 0) is 31.4 Å². The maximum Gasteiger partial charge on any atom is 0.129 e. The highest BCUT2D eigenvalue weighted by molar-refractivity contribution is 5.47. The van der Waals surface area contributed by atoms with E-state index >= 15 is 0 Å². The van der Waals surface area contributed by atoms with Crippen LogP contribution in [0.2, 0.25) is 0 Å². The van der Waals surface area contributed by atoms with Crippen LogP contribution in [0.5, 0.6) is 0 Å². The lowest BCUT2D eigenvalue weighted by Gasteiger charge is -2.38. The molecule has 0 spiro atoms. The van der Waals surface area contributed by atoms with Gasteiger partial charge in [-0.3, -0.25) is 0 Å². The van der Waals surface area contributed by atoms with Crippen molar-refractivity contribution in [3.05, 3.63) is 18.3 Å². The standard InChI is InChI=1S/C12H17N3O/c13-9-4-5-12(14-8-9)15-6-7-16-11-3-1-2-10(11)15/h4-5,8,10-11H,1-3,6-7,13H2. The monoisotopic (exact) mass is 219 g/mol. The molecule has 2 fully saturated rings. The smallest absolute Gasteiger partial charge is 0.129 e. The summed E-state index contributed by atoms with van der Waals surface area (Å²) in [6, 6.07) is 4.45. The number of pyridine rings is 1. The number of anilines is 2. The minimum Gasteiger partial charge on any atom is -0.397 e. The first-order valence-corrected chi connectivity index (χ1v) is 5.94. The van der Waals surface area contributed by atoms with Gasteiger partial charge in [0.2, 0.25) is 0 Å². The van der Waals surface area contributed by atoms with E-state index in [-0.39, 0.29) is 0 Å². The lowest BCUT2D eigenvalue weighted by atomic mass is 10.1. The summed E-state index contributed by atoms with van der Waals surface area (Å²) >= 11 is 0. The third kappa shape index (κ3) is 1.63. The SMILES string of the molecule is Nc1ccc(N2CCOC3CCCC32)nc1. The molecule has 2 N–H and O–H groups in total. The number of nitrogen functional groups attached to an aromatic ring is 1. The molecule has 1 aromatic rings. The second-order valence-electron chi connectivity index (χ2n) is 4.55. The molecule has 2 atom stereocenters. The number of rotatable bonds is 1. The Morgan fingerprint density at radius 3 is 3.12 bits per heavy atom. The van der Waals surface area contributed by atoms with E-state index in [9.17, 15) is 0 Å². The molecule has 1 saturated carbocycles.